The minimum Gasteiger partial charge on any atom is -0.469 e. The second-order valence-corrected chi connectivity index (χ2v) is 17.4. The van der Waals surface area contributed by atoms with E-state index in [9.17, 15) is 28.8 Å². The predicted molar refractivity (Wildman–Crippen MR) is 240 cm³/mol. The van der Waals surface area contributed by atoms with Crippen LogP contribution in [-0.2, 0) is 32.0 Å². The van der Waals surface area contributed by atoms with E-state index in [0.717, 1.165) is 96.2 Å². The molecule has 17 heteroatoms. The maximum Gasteiger partial charge on any atom is 0.262 e. The molecular weight excluding hydrogens is 829 g/mol. The molecule has 7 heterocycles. The summed E-state index contributed by atoms with van der Waals surface area (Å²) in [5, 5.41) is 13.9. The molecule has 0 spiro atoms. The summed E-state index contributed by atoms with van der Waals surface area (Å²) in [6, 6.07) is 16.4. The number of anilines is 2. The number of hydrogen-bond acceptors (Lipinski definition) is 12. The van der Waals surface area contributed by atoms with Gasteiger partial charge in [-0.05, 0) is 80.1 Å². The van der Waals surface area contributed by atoms with Gasteiger partial charge in [-0.25, -0.2) is 4.98 Å². The fourth-order valence-electron chi connectivity index (χ4n) is 9.51. The van der Waals surface area contributed by atoms with Crippen LogP contribution < -0.4 is 20.4 Å². The number of carbonyl (C=O) groups is 6. The first-order chi connectivity index (χ1) is 31.7. The van der Waals surface area contributed by atoms with Crippen LogP contribution in [0.1, 0.15) is 96.5 Å². The van der Waals surface area contributed by atoms with Gasteiger partial charge in [0.25, 0.3) is 11.8 Å². The van der Waals surface area contributed by atoms with Crippen molar-refractivity contribution in [2.45, 2.75) is 83.1 Å². The molecule has 65 heavy (non-hydrogen) atoms. The van der Waals surface area contributed by atoms with Crippen LogP contribution in [0.25, 0.3) is 16.8 Å². The molecule has 4 aliphatic heterocycles. The molecule has 5 aromatic rings. The summed E-state index contributed by atoms with van der Waals surface area (Å²) in [5.41, 5.74) is 5.13. The topological polar surface area (TPSA) is 196 Å². The minimum absolute atomic E-state index is 0.0626. The number of carbonyl (C=O) groups excluding carboxylic acids is 6. The molecule has 3 aromatic heterocycles. The van der Waals surface area contributed by atoms with Crippen molar-refractivity contribution < 1.29 is 33.2 Å². The van der Waals surface area contributed by atoms with Gasteiger partial charge in [-0.15, -0.1) is 10.2 Å². The first kappa shape index (κ1) is 43.3. The number of benzene rings is 2. The Balaban J connectivity index is 0.634. The zero-order valence-electron chi connectivity index (χ0n) is 36.5. The van der Waals surface area contributed by atoms with Crippen molar-refractivity contribution in [1.82, 2.24) is 40.0 Å². The second-order valence-electron chi connectivity index (χ2n) is 17.4. The lowest BCUT2D eigenvalue weighted by atomic mass is 9.95. The molecule has 338 valence electrons. The standard InChI is InChI=1S/C48H54N10O7/c59-42-18-16-40(46(62)52-42)58-47(63)37-15-13-35(29-38(37)48(58)64)54-22-19-33(20-23-54)45(61)49-21-5-3-1-2-4-8-43(60)56-26-24-55(25-27-56)34-11-9-32(10-12-34)39-30-50-41(57-31-51-53-44(39)57)17-14-36-7-6-28-65-36/h6-7,9-13,15,28-31,33,40H,1-5,8,14,16-27H2,(H,49,61)(H,52,59,62). The molecule has 6 amide bonds. The summed E-state index contributed by atoms with van der Waals surface area (Å²) in [6.07, 6.45) is 13.5. The molecule has 1 atom stereocenters. The summed E-state index contributed by atoms with van der Waals surface area (Å²) < 4.78 is 7.43. The average Bonchev–Trinajstić information content (AvgIpc) is 4.10. The largest absolute Gasteiger partial charge is 0.469 e. The van der Waals surface area contributed by atoms with Crippen LogP contribution in [0.4, 0.5) is 11.4 Å². The van der Waals surface area contributed by atoms with Gasteiger partial charge >= 0.3 is 0 Å². The Kier molecular flexibility index (Phi) is 13.0. The number of furan rings is 1. The Bertz CT molecular complexity index is 2560. The normalized spacial score (nSPS) is 18.1. The number of imide groups is 2. The first-order valence-corrected chi connectivity index (χ1v) is 22.9. The van der Waals surface area contributed by atoms with Crippen molar-refractivity contribution in [2.24, 2.45) is 5.92 Å². The number of aryl methyl sites for hydroxylation is 2. The number of unbranched alkanes of at least 4 members (excludes halogenated alkanes) is 4. The molecule has 17 nitrogen and oxygen atoms in total. The number of amides is 6. The molecule has 3 saturated heterocycles. The van der Waals surface area contributed by atoms with E-state index in [0.29, 0.717) is 58.4 Å². The number of hydrogen-bond donors (Lipinski definition) is 2. The Morgan fingerprint density at radius 1 is 0.769 bits per heavy atom. The van der Waals surface area contributed by atoms with Crippen LogP contribution in [0.2, 0.25) is 0 Å². The van der Waals surface area contributed by atoms with E-state index in [1.165, 1.54) is 0 Å². The molecule has 1 unspecified atom stereocenters. The Hall–Kier alpha value is -6.91. The number of piperidine rings is 2. The van der Waals surface area contributed by atoms with Crippen LogP contribution >= 0.6 is 0 Å². The lowest BCUT2D eigenvalue weighted by Crippen LogP contribution is -2.54. The van der Waals surface area contributed by atoms with Crippen molar-refractivity contribution >= 4 is 52.5 Å². The third-order valence-corrected chi connectivity index (χ3v) is 13.3. The van der Waals surface area contributed by atoms with Gasteiger partial charge in [0.1, 0.15) is 24.0 Å². The Morgan fingerprint density at radius 3 is 2.28 bits per heavy atom. The molecular formula is C48H54N10O7. The fraction of sp³-hybridized carbons (Fsp3) is 0.438. The van der Waals surface area contributed by atoms with Crippen molar-refractivity contribution in [2.75, 3.05) is 55.6 Å². The van der Waals surface area contributed by atoms with E-state index < -0.39 is 29.7 Å². The van der Waals surface area contributed by atoms with Crippen LogP contribution in [0.3, 0.4) is 0 Å². The lowest BCUT2D eigenvalue weighted by Gasteiger charge is -2.36. The number of piperazine rings is 1. The third kappa shape index (κ3) is 9.49. The van der Waals surface area contributed by atoms with E-state index in [-0.39, 0.29) is 41.7 Å². The van der Waals surface area contributed by atoms with E-state index in [1.54, 1.807) is 30.8 Å². The van der Waals surface area contributed by atoms with Gasteiger partial charge in [0.05, 0.1) is 17.4 Å². The minimum atomic E-state index is -1.00. The number of rotatable bonds is 16. The van der Waals surface area contributed by atoms with E-state index >= 15 is 0 Å². The summed E-state index contributed by atoms with van der Waals surface area (Å²) >= 11 is 0. The molecule has 2 aromatic carbocycles. The van der Waals surface area contributed by atoms with Crippen LogP contribution in [0, 0.1) is 5.92 Å². The van der Waals surface area contributed by atoms with Gasteiger partial charge in [0.2, 0.25) is 23.6 Å². The summed E-state index contributed by atoms with van der Waals surface area (Å²) in [5.74, 6) is -0.120. The highest BCUT2D eigenvalue weighted by Gasteiger charge is 2.45. The molecule has 9 rings (SSSR count). The summed E-state index contributed by atoms with van der Waals surface area (Å²) in [4.78, 5) is 88.5. The molecule has 3 fully saturated rings. The number of fused-ring (bicyclic) bond motifs is 2. The molecule has 0 bridgehead atoms. The zero-order chi connectivity index (χ0) is 44.9. The number of nitrogens with one attached hydrogen (secondary N) is 2. The van der Waals surface area contributed by atoms with Crippen LogP contribution in [0.15, 0.2) is 77.8 Å². The molecule has 0 aliphatic carbocycles. The highest BCUT2D eigenvalue weighted by Crippen LogP contribution is 2.33. The molecule has 0 saturated carbocycles. The van der Waals surface area contributed by atoms with Gasteiger partial charge in [-0.2, -0.15) is 0 Å². The van der Waals surface area contributed by atoms with Crippen molar-refractivity contribution in [3.63, 3.8) is 0 Å². The summed E-state index contributed by atoms with van der Waals surface area (Å²) in [7, 11) is 0. The summed E-state index contributed by atoms with van der Waals surface area (Å²) in [6.45, 7) is 4.86. The molecule has 4 aliphatic rings. The van der Waals surface area contributed by atoms with Gasteiger partial charge in [-0.1, -0.05) is 31.4 Å². The van der Waals surface area contributed by atoms with Gasteiger partial charge in [0.15, 0.2) is 5.65 Å². The van der Waals surface area contributed by atoms with E-state index in [1.807, 2.05) is 27.6 Å². The first-order valence-electron chi connectivity index (χ1n) is 22.9. The fourth-order valence-corrected chi connectivity index (χ4v) is 9.51. The SMILES string of the molecule is O=C1CCC(N2C(=O)c3ccc(N4CCC(C(=O)NCCCCCCCC(=O)N5CCN(c6ccc(-c7cnc(CCc8ccco8)n8cnnc78)cc6)CC5)CC4)cc3C2=O)C(=O)N1. The van der Waals surface area contributed by atoms with Crippen molar-refractivity contribution in [3.8, 4) is 11.1 Å². The molecule has 0 radical (unpaired) electrons. The van der Waals surface area contributed by atoms with Gasteiger partial charge < -0.3 is 24.4 Å². The Labute approximate surface area is 376 Å². The van der Waals surface area contributed by atoms with Crippen LogP contribution in [-0.4, -0.2) is 117 Å². The maximum atomic E-state index is 13.3. The van der Waals surface area contributed by atoms with E-state index in [4.69, 9.17) is 9.40 Å². The highest BCUT2D eigenvalue weighted by molar-refractivity contribution is 6.23. The Morgan fingerprint density at radius 2 is 1.51 bits per heavy atom. The quantitative estimate of drug-likeness (QED) is 0.104. The van der Waals surface area contributed by atoms with Gasteiger partial charge in [-0.3, -0.25) is 43.4 Å². The second kappa shape index (κ2) is 19.5. The van der Waals surface area contributed by atoms with Crippen LogP contribution in [0.5, 0.6) is 0 Å². The zero-order valence-corrected chi connectivity index (χ0v) is 36.5. The monoisotopic (exact) mass is 882 g/mol. The van der Waals surface area contributed by atoms with Crippen molar-refractivity contribution in [1.29, 1.82) is 0 Å². The van der Waals surface area contributed by atoms with Gasteiger partial charge in [0, 0.05) is 101 Å². The number of aromatic nitrogens is 4. The average molecular weight is 883 g/mol. The predicted octanol–water partition coefficient (Wildman–Crippen LogP) is 4.59. The van der Waals surface area contributed by atoms with Crippen molar-refractivity contribution in [3.05, 3.63) is 96.1 Å². The smallest absolute Gasteiger partial charge is 0.262 e. The highest BCUT2D eigenvalue weighted by atomic mass is 16.3. The van der Waals surface area contributed by atoms with E-state index in [2.05, 4.69) is 54.9 Å². The number of nitrogens with zero attached hydrogens (tertiary/aromatic N) is 8. The third-order valence-electron chi connectivity index (χ3n) is 13.3. The lowest BCUT2D eigenvalue weighted by molar-refractivity contribution is -0.136. The maximum absolute atomic E-state index is 13.3. The molecule has 2 N–H and O–H groups in total.